The van der Waals surface area contributed by atoms with Crippen LogP contribution in [0.2, 0.25) is 0 Å². The summed E-state index contributed by atoms with van der Waals surface area (Å²) in [4.78, 5) is 10.5. The average molecular weight is 272 g/mol. The maximum absolute atomic E-state index is 10.5. The second kappa shape index (κ2) is 5.75. The summed E-state index contributed by atoms with van der Waals surface area (Å²) in [5.41, 5.74) is 0.637. The Bertz CT molecular complexity index is 350. The molecule has 4 heteroatoms. The van der Waals surface area contributed by atoms with E-state index in [0.29, 0.717) is 17.9 Å². The van der Waals surface area contributed by atoms with Crippen molar-refractivity contribution in [1.29, 1.82) is 0 Å². The van der Waals surface area contributed by atoms with Gasteiger partial charge in [0.2, 0.25) is 0 Å². The van der Waals surface area contributed by atoms with E-state index in [4.69, 9.17) is 4.74 Å². The Labute approximate surface area is 97.2 Å². The van der Waals surface area contributed by atoms with E-state index in [9.17, 15) is 9.90 Å². The fraction of sp³-hybridized carbons (Fsp3) is 0.364. The molecule has 0 fully saturated rings. The van der Waals surface area contributed by atoms with Crippen molar-refractivity contribution in [3.8, 4) is 5.75 Å². The predicted octanol–water partition coefficient (Wildman–Crippen LogP) is 1.53. The number of carbonyl (C=O) groups excluding carboxylic acids is 1. The highest BCUT2D eigenvalue weighted by Crippen LogP contribution is 2.23. The third-order valence-corrected chi connectivity index (χ3v) is 2.31. The summed E-state index contributed by atoms with van der Waals surface area (Å²) >= 11 is 3.29. The van der Waals surface area contributed by atoms with Crippen LogP contribution in [0, 0.1) is 0 Å². The maximum atomic E-state index is 10.5. The second-order valence-electron chi connectivity index (χ2n) is 3.15. The maximum Gasteiger partial charge on any atom is 0.122 e. The van der Waals surface area contributed by atoms with E-state index in [-0.39, 0.29) is 6.42 Å². The Morgan fingerprint density at radius 1 is 1.53 bits per heavy atom. The first kappa shape index (κ1) is 12.0. The topological polar surface area (TPSA) is 49.4 Å². The van der Waals surface area contributed by atoms with Crippen LogP contribution < -0.4 is 9.84 Å². The molecule has 1 rings (SSSR count). The number of hydrogen-bond acceptors (Lipinski definition) is 3. The number of halogens is 1. The number of carbonyl (C=O) groups is 1. The lowest BCUT2D eigenvalue weighted by Gasteiger charge is -2.11. The minimum Gasteiger partial charge on any atom is -0.550 e. The zero-order valence-corrected chi connectivity index (χ0v) is 10.0. The molecule has 0 aliphatic heterocycles. The van der Waals surface area contributed by atoms with Crippen LogP contribution >= 0.6 is 15.9 Å². The summed E-state index contributed by atoms with van der Waals surface area (Å²) in [6.45, 7) is 2.58. The molecule has 0 amide bonds. The minimum atomic E-state index is -1.10. The quantitative estimate of drug-likeness (QED) is 0.816. The van der Waals surface area contributed by atoms with Gasteiger partial charge >= 0.3 is 0 Å². The van der Waals surface area contributed by atoms with Crippen LogP contribution in [0.15, 0.2) is 22.7 Å². The highest BCUT2D eigenvalue weighted by atomic mass is 79.9. The monoisotopic (exact) mass is 271 g/mol. The average Bonchev–Trinajstić information content (AvgIpc) is 2.16. The smallest absolute Gasteiger partial charge is 0.122 e. The Morgan fingerprint density at radius 2 is 2.27 bits per heavy atom. The van der Waals surface area contributed by atoms with Gasteiger partial charge < -0.3 is 14.6 Å². The molecule has 1 aromatic rings. The third kappa shape index (κ3) is 3.91. The predicted molar refractivity (Wildman–Crippen MR) is 58.6 cm³/mol. The standard InChI is InChI=1S/C11H13BrO3/c1-2-5-15-10-4-3-9(12)6-8(10)7-11(13)14/h3-4,6H,2,5,7H2,1H3,(H,13,14)/p-1. The molecule has 0 radical (unpaired) electrons. The number of benzene rings is 1. The molecule has 0 heterocycles. The lowest BCUT2D eigenvalue weighted by molar-refractivity contribution is -0.304. The van der Waals surface area contributed by atoms with Gasteiger partial charge in [0.05, 0.1) is 6.61 Å². The van der Waals surface area contributed by atoms with Gasteiger partial charge in [0, 0.05) is 22.4 Å². The van der Waals surface area contributed by atoms with Crippen LogP contribution in [0.1, 0.15) is 18.9 Å². The molecule has 82 valence electrons. The van der Waals surface area contributed by atoms with Crippen molar-refractivity contribution >= 4 is 21.9 Å². The van der Waals surface area contributed by atoms with Crippen LogP contribution in [0.25, 0.3) is 0 Å². The summed E-state index contributed by atoms with van der Waals surface area (Å²) < 4.78 is 6.27. The molecule has 1 aromatic carbocycles. The summed E-state index contributed by atoms with van der Waals surface area (Å²) in [6.07, 6.45) is 0.763. The summed E-state index contributed by atoms with van der Waals surface area (Å²) in [5.74, 6) is -0.487. The Kier molecular flexibility index (Phi) is 4.62. The first-order valence-electron chi connectivity index (χ1n) is 4.74. The van der Waals surface area contributed by atoms with Crippen molar-refractivity contribution in [2.75, 3.05) is 6.61 Å². The van der Waals surface area contributed by atoms with Gasteiger partial charge in [-0.2, -0.15) is 0 Å². The fourth-order valence-electron chi connectivity index (χ4n) is 1.19. The Hall–Kier alpha value is -1.03. The van der Waals surface area contributed by atoms with E-state index >= 15 is 0 Å². The van der Waals surface area contributed by atoms with Crippen LogP contribution in [0.4, 0.5) is 0 Å². The Balaban J connectivity index is 2.87. The molecule has 15 heavy (non-hydrogen) atoms. The second-order valence-corrected chi connectivity index (χ2v) is 4.06. The first-order chi connectivity index (χ1) is 7.13. The molecule has 0 saturated heterocycles. The van der Waals surface area contributed by atoms with Crippen molar-refractivity contribution in [1.82, 2.24) is 0 Å². The highest BCUT2D eigenvalue weighted by Gasteiger charge is 2.04. The normalized spacial score (nSPS) is 10.0. The molecule has 0 atom stereocenters. The minimum absolute atomic E-state index is 0.127. The summed E-state index contributed by atoms with van der Waals surface area (Å²) in [5, 5.41) is 10.5. The highest BCUT2D eigenvalue weighted by molar-refractivity contribution is 9.10. The molecular weight excluding hydrogens is 260 g/mol. The zero-order valence-electron chi connectivity index (χ0n) is 8.46. The molecule has 0 aliphatic rings. The molecular formula is C11H12BrO3-. The number of rotatable bonds is 5. The molecule has 0 N–H and O–H groups in total. The lowest BCUT2D eigenvalue weighted by atomic mass is 10.1. The van der Waals surface area contributed by atoms with E-state index in [1.165, 1.54) is 0 Å². The first-order valence-corrected chi connectivity index (χ1v) is 5.54. The fourth-order valence-corrected chi connectivity index (χ4v) is 1.60. The molecule has 0 saturated carbocycles. The molecule has 0 unspecified atom stereocenters. The van der Waals surface area contributed by atoms with Gasteiger partial charge in [-0.1, -0.05) is 22.9 Å². The van der Waals surface area contributed by atoms with E-state index < -0.39 is 5.97 Å². The van der Waals surface area contributed by atoms with Gasteiger partial charge in [-0.05, 0) is 24.6 Å². The SMILES string of the molecule is CCCOc1ccc(Br)cc1CC(=O)[O-]. The van der Waals surface area contributed by atoms with Crippen molar-refractivity contribution < 1.29 is 14.6 Å². The van der Waals surface area contributed by atoms with Crippen LogP contribution in [0.3, 0.4) is 0 Å². The van der Waals surface area contributed by atoms with Crippen LogP contribution in [0.5, 0.6) is 5.75 Å². The van der Waals surface area contributed by atoms with E-state index in [0.717, 1.165) is 10.9 Å². The summed E-state index contributed by atoms with van der Waals surface area (Å²) in [7, 11) is 0. The van der Waals surface area contributed by atoms with Gasteiger partial charge in [0.1, 0.15) is 5.75 Å². The molecule has 0 spiro atoms. The largest absolute Gasteiger partial charge is 0.550 e. The molecule has 0 bridgehead atoms. The number of carboxylic acids is 1. The number of ether oxygens (including phenoxy) is 1. The van der Waals surface area contributed by atoms with E-state index in [1.54, 1.807) is 12.1 Å². The van der Waals surface area contributed by atoms with Crippen molar-refractivity contribution in [2.24, 2.45) is 0 Å². The zero-order chi connectivity index (χ0) is 11.3. The van der Waals surface area contributed by atoms with E-state index in [1.807, 2.05) is 13.0 Å². The van der Waals surface area contributed by atoms with Crippen LogP contribution in [-0.4, -0.2) is 12.6 Å². The molecule has 0 aromatic heterocycles. The van der Waals surface area contributed by atoms with Crippen molar-refractivity contribution in [3.63, 3.8) is 0 Å². The number of aliphatic carboxylic acids is 1. The van der Waals surface area contributed by atoms with Gasteiger partial charge in [-0.25, -0.2) is 0 Å². The van der Waals surface area contributed by atoms with Gasteiger partial charge in [-0.3, -0.25) is 0 Å². The third-order valence-electron chi connectivity index (χ3n) is 1.82. The Morgan fingerprint density at radius 3 is 2.87 bits per heavy atom. The molecule has 3 nitrogen and oxygen atoms in total. The van der Waals surface area contributed by atoms with Gasteiger partial charge in [0.15, 0.2) is 0 Å². The van der Waals surface area contributed by atoms with Crippen molar-refractivity contribution in [3.05, 3.63) is 28.2 Å². The van der Waals surface area contributed by atoms with Crippen molar-refractivity contribution in [2.45, 2.75) is 19.8 Å². The number of carboxylic acid groups (broad SMARTS) is 1. The lowest BCUT2D eigenvalue weighted by Crippen LogP contribution is -2.24. The van der Waals surface area contributed by atoms with E-state index in [2.05, 4.69) is 15.9 Å². The van der Waals surface area contributed by atoms with Crippen LogP contribution in [-0.2, 0) is 11.2 Å². The van der Waals surface area contributed by atoms with Gasteiger partial charge in [0.25, 0.3) is 0 Å². The molecule has 0 aliphatic carbocycles. The summed E-state index contributed by atoms with van der Waals surface area (Å²) in [6, 6.07) is 5.32. The number of hydrogen-bond donors (Lipinski definition) is 0. The van der Waals surface area contributed by atoms with Gasteiger partial charge in [-0.15, -0.1) is 0 Å².